The molecule has 204 valence electrons. The van der Waals surface area contributed by atoms with Crippen molar-refractivity contribution in [3.8, 4) is 5.75 Å². The normalized spacial score (nSPS) is 29.3. The maximum atomic E-state index is 13.9. The fourth-order valence-electron chi connectivity index (χ4n) is 4.88. The van der Waals surface area contributed by atoms with Gasteiger partial charge in [0.1, 0.15) is 35.3 Å². The number of nitrogen functional groups attached to an aromatic ring is 1. The number of aromatic nitrogens is 4. The minimum Gasteiger partial charge on any atom is -0.465 e. The van der Waals surface area contributed by atoms with Crippen molar-refractivity contribution in [2.45, 2.75) is 57.0 Å². The minimum atomic E-state index is -4.25. The molecule has 1 aromatic carbocycles. The van der Waals surface area contributed by atoms with E-state index in [1.165, 1.54) is 24.1 Å². The second-order valence-electron chi connectivity index (χ2n) is 9.16. The predicted molar refractivity (Wildman–Crippen MR) is 133 cm³/mol. The number of hydrogen-bond acceptors (Lipinski definition) is 12. The van der Waals surface area contributed by atoms with Crippen molar-refractivity contribution in [3.05, 3.63) is 43.0 Å². The number of aliphatic hydroxyl groups is 2. The monoisotopic (exact) mass is 548 g/mol. The number of nitrogens with one attached hydrogen (secondary N) is 1. The number of fused-ring (bicyclic) bond motifs is 2. The number of ether oxygens (including phenoxy) is 2. The molecule has 15 heteroatoms. The zero-order valence-electron chi connectivity index (χ0n) is 20.9. The molecule has 2 fully saturated rings. The van der Waals surface area contributed by atoms with E-state index in [0.29, 0.717) is 11.2 Å². The van der Waals surface area contributed by atoms with Crippen LogP contribution in [0.3, 0.4) is 0 Å². The molecule has 0 spiro atoms. The molecule has 5 rings (SSSR count). The number of carbonyl (C=O) groups excluding carboxylic acids is 1. The quantitative estimate of drug-likeness (QED) is 0.208. The molecule has 3 aromatic rings. The van der Waals surface area contributed by atoms with Crippen molar-refractivity contribution in [3.63, 3.8) is 0 Å². The van der Waals surface area contributed by atoms with E-state index in [4.69, 9.17) is 24.3 Å². The molecule has 5 unspecified atom stereocenters. The fraction of sp³-hybridized carbons (Fsp3) is 0.478. The molecule has 14 nitrogen and oxygen atoms in total. The fourth-order valence-corrected chi connectivity index (χ4v) is 6.60. The molecule has 2 aromatic heterocycles. The summed E-state index contributed by atoms with van der Waals surface area (Å²) in [5.41, 5.74) is 5.12. The number of carbonyl (C=O) groups is 1. The van der Waals surface area contributed by atoms with E-state index in [9.17, 15) is 19.6 Å². The molecule has 2 aliphatic rings. The van der Waals surface area contributed by atoms with Gasteiger partial charge in [-0.1, -0.05) is 18.2 Å². The third-order valence-electron chi connectivity index (χ3n) is 6.75. The molecular formula is C23H29N6O8P. The number of para-hydroxylation sites is 1. The smallest absolute Gasteiger partial charge is 0.459 e. The van der Waals surface area contributed by atoms with Gasteiger partial charge in [0, 0.05) is 0 Å². The summed E-state index contributed by atoms with van der Waals surface area (Å²) in [6.07, 6.45) is -1.67. The minimum absolute atomic E-state index is 0.134. The Labute approximate surface area is 217 Å². The Hall–Kier alpha value is -3.13. The van der Waals surface area contributed by atoms with Crippen LogP contribution < -0.4 is 15.3 Å². The summed E-state index contributed by atoms with van der Waals surface area (Å²) in [4.78, 5) is 24.5. The standard InChI is InChI=1S/C23H29N6O8P/c1-4-34-22(32)12(2)28-38(33,37-14-8-6-5-7-9-14)36-13(3)23-15(18(23)31)17(30)21(35-23)29-11-27-16-19(24)25-10-26-20(16)29/h5-13,15,17-18,21,30-31H,4H2,1-3H3,(H,28,33)(H2,24,25,26)/t12?,13?,15?,17-,18+,21+,23?,38?/m0/s1. The van der Waals surface area contributed by atoms with Crippen molar-refractivity contribution in [2.75, 3.05) is 12.3 Å². The van der Waals surface area contributed by atoms with E-state index < -0.39 is 55.8 Å². The van der Waals surface area contributed by atoms with Crippen molar-refractivity contribution in [2.24, 2.45) is 5.92 Å². The Bertz CT molecular complexity index is 1370. The van der Waals surface area contributed by atoms with E-state index in [2.05, 4.69) is 20.0 Å². The Kier molecular flexibility index (Phi) is 6.88. The van der Waals surface area contributed by atoms with Crippen LogP contribution in [0.25, 0.3) is 11.2 Å². The molecular weight excluding hydrogens is 519 g/mol. The summed E-state index contributed by atoms with van der Waals surface area (Å²) in [7, 11) is -4.25. The molecule has 0 amide bonds. The summed E-state index contributed by atoms with van der Waals surface area (Å²) in [6.45, 7) is 4.79. The number of esters is 1. The van der Waals surface area contributed by atoms with Gasteiger partial charge in [-0.05, 0) is 32.9 Å². The molecule has 8 atom stereocenters. The maximum absolute atomic E-state index is 13.9. The molecule has 5 N–H and O–H groups in total. The van der Waals surface area contributed by atoms with Gasteiger partial charge in [0.2, 0.25) is 0 Å². The first-order valence-corrected chi connectivity index (χ1v) is 13.6. The van der Waals surface area contributed by atoms with E-state index in [0.717, 1.165) is 0 Å². The number of benzene rings is 1. The average molecular weight is 548 g/mol. The van der Waals surface area contributed by atoms with Crippen molar-refractivity contribution < 1.29 is 38.1 Å². The van der Waals surface area contributed by atoms with Crippen LogP contribution in [0.1, 0.15) is 27.0 Å². The second-order valence-corrected chi connectivity index (χ2v) is 10.8. The van der Waals surface area contributed by atoms with Gasteiger partial charge in [0.05, 0.1) is 31.1 Å². The zero-order valence-corrected chi connectivity index (χ0v) is 21.8. The molecule has 1 saturated carbocycles. The van der Waals surface area contributed by atoms with Crippen LogP contribution in [0.4, 0.5) is 5.82 Å². The lowest BCUT2D eigenvalue weighted by Gasteiger charge is -2.30. The summed E-state index contributed by atoms with van der Waals surface area (Å²) in [6, 6.07) is 7.24. The highest BCUT2D eigenvalue weighted by Gasteiger charge is 2.79. The van der Waals surface area contributed by atoms with Gasteiger partial charge in [0.25, 0.3) is 0 Å². The van der Waals surface area contributed by atoms with Crippen LogP contribution in [-0.2, 0) is 23.4 Å². The van der Waals surface area contributed by atoms with E-state index in [-0.39, 0.29) is 18.2 Å². The Morgan fingerprint density at radius 3 is 2.71 bits per heavy atom. The molecule has 0 radical (unpaired) electrons. The number of imidazole rings is 1. The largest absolute Gasteiger partial charge is 0.465 e. The van der Waals surface area contributed by atoms with E-state index in [1.807, 2.05) is 0 Å². The van der Waals surface area contributed by atoms with Gasteiger partial charge >= 0.3 is 13.7 Å². The number of hydrogen-bond donors (Lipinski definition) is 4. The molecule has 3 heterocycles. The van der Waals surface area contributed by atoms with Gasteiger partial charge < -0.3 is 29.9 Å². The predicted octanol–water partition coefficient (Wildman–Crippen LogP) is 1.16. The zero-order chi connectivity index (χ0) is 27.2. The summed E-state index contributed by atoms with van der Waals surface area (Å²) < 4.78 is 38.2. The van der Waals surface area contributed by atoms with Crippen LogP contribution in [0.5, 0.6) is 5.75 Å². The number of nitrogens with zero attached hydrogens (tertiary/aromatic N) is 4. The van der Waals surface area contributed by atoms with Gasteiger partial charge in [-0.15, -0.1) is 0 Å². The average Bonchev–Trinajstić information content (AvgIpc) is 3.15. The van der Waals surface area contributed by atoms with Crippen molar-refractivity contribution in [1.82, 2.24) is 24.6 Å². The Morgan fingerprint density at radius 1 is 1.26 bits per heavy atom. The van der Waals surface area contributed by atoms with Crippen molar-refractivity contribution in [1.29, 1.82) is 0 Å². The highest BCUT2D eigenvalue weighted by molar-refractivity contribution is 7.52. The first kappa shape index (κ1) is 26.5. The van der Waals surface area contributed by atoms with E-state index >= 15 is 0 Å². The third-order valence-corrected chi connectivity index (χ3v) is 8.50. The molecule has 1 aliphatic carbocycles. The molecule has 1 saturated heterocycles. The van der Waals surface area contributed by atoms with Gasteiger partial charge in [0.15, 0.2) is 17.7 Å². The topological polar surface area (TPSA) is 193 Å². The summed E-state index contributed by atoms with van der Waals surface area (Å²) in [5, 5.41) is 24.4. The highest BCUT2D eigenvalue weighted by atomic mass is 31.2. The van der Waals surface area contributed by atoms with Crippen LogP contribution in [0, 0.1) is 5.92 Å². The highest BCUT2D eigenvalue weighted by Crippen LogP contribution is 2.63. The molecule has 38 heavy (non-hydrogen) atoms. The lowest BCUT2D eigenvalue weighted by atomic mass is 10.1. The molecule has 1 aliphatic heterocycles. The summed E-state index contributed by atoms with van der Waals surface area (Å²) in [5.74, 6) is -1.03. The van der Waals surface area contributed by atoms with Gasteiger partial charge in [-0.3, -0.25) is 13.9 Å². The Morgan fingerprint density at radius 2 is 2.00 bits per heavy atom. The van der Waals surface area contributed by atoms with Crippen LogP contribution >= 0.6 is 7.75 Å². The molecule has 0 bridgehead atoms. The lowest BCUT2D eigenvalue weighted by molar-refractivity contribution is -0.145. The lowest BCUT2D eigenvalue weighted by Crippen LogP contribution is -2.40. The first-order valence-electron chi connectivity index (χ1n) is 12.1. The van der Waals surface area contributed by atoms with Gasteiger partial charge in [-0.25, -0.2) is 19.5 Å². The SMILES string of the molecule is CCOC(=O)C(C)NP(=O)(Oc1ccccc1)OC(C)C12O[C@@H](n3cnc4c(N)ncnc43)[C@@H](O)C1[C@H]2O. The van der Waals surface area contributed by atoms with Gasteiger partial charge in [-0.2, -0.15) is 5.09 Å². The third kappa shape index (κ3) is 4.42. The van der Waals surface area contributed by atoms with Crippen molar-refractivity contribution >= 4 is 30.7 Å². The number of rotatable bonds is 10. The van der Waals surface area contributed by atoms with E-state index in [1.54, 1.807) is 44.2 Å². The summed E-state index contributed by atoms with van der Waals surface area (Å²) >= 11 is 0. The van der Waals surface area contributed by atoms with Crippen LogP contribution in [0.2, 0.25) is 0 Å². The number of nitrogens with two attached hydrogens (primary N) is 1. The number of aliphatic hydroxyl groups excluding tert-OH is 2. The second kappa shape index (κ2) is 9.88. The van der Waals surface area contributed by atoms with Crippen LogP contribution in [0.15, 0.2) is 43.0 Å². The Balaban J connectivity index is 1.40. The first-order chi connectivity index (χ1) is 18.1. The number of anilines is 1. The van der Waals surface area contributed by atoms with Crippen LogP contribution in [-0.4, -0.2) is 72.3 Å². The maximum Gasteiger partial charge on any atom is 0.459 e.